The van der Waals surface area contributed by atoms with Gasteiger partial charge in [-0.05, 0) is 20.4 Å². The van der Waals surface area contributed by atoms with Gasteiger partial charge in [-0.25, -0.2) is 13.4 Å². The van der Waals surface area contributed by atoms with Crippen molar-refractivity contribution in [1.82, 2.24) is 10.3 Å². The van der Waals surface area contributed by atoms with Crippen LogP contribution < -0.4 is 10.0 Å². The molecule has 1 aromatic rings. The van der Waals surface area contributed by atoms with Gasteiger partial charge in [0, 0.05) is 25.1 Å². The quantitative estimate of drug-likeness (QED) is 0.704. The van der Waals surface area contributed by atoms with Crippen LogP contribution in [0, 0.1) is 0 Å². The lowest BCUT2D eigenvalue weighted by Crippen LogP contribution is -2.18. The highest BCUT2D eigenvalue weighted by atomic mass is 32.2. The fourth-order valence-corrected chi connectivity index (χ4v) is 3.39. The van der Waals surface area contributed by atoms with E-state index in [9.17, 15) is 8.42 Å². The van der Waals surface area contributed by atoms with Crippen molar-refractivity contribution in [2.24, 2.45) is 0 Å². The summed E-state index contributed by atoms with van der Waals surface area (Å²) >= 11 is 1.29. The van der Waals surface area contributed by atoms with Crippen LogP contribution in [0.2, 0.25) is 0 Å². The summed E-state index contributed by atoms with van der Waals surface area (Å²) in [7, 11) is 0.0514. The lowest BCUT2D eigenvalue weighted by atomic mass is 10.3. The number of nitrogens with one attached hydrogen (secondary N) is 2. The highest BCUT2D eigenvalue weighted by molar-refractivity contribution is 7.92. The predicted molar refractivity (Wildman–Crippen MR) is 73.5 cm³/mol. The minimum atomic E-state index is -3.33. The maximum Gasteiger partial charge on any atom is 0.234 e. The molecular weight excluding hydrogens is 274 g/mol. The molecular formula is C10H19N3O3S2. The number of hydrogen-bond donors (Lipinski definition) is 2. The molecule has 0 amide bonds. The van der Waals surface area contributed by atoms with Gasteiger partial charge in [-0.3, -0.25) is 4.72 Å². The van der Waals surface area contributed by atoms with Crippen LogP contribution in [0.3, 0.4) is 0 Å². The summed E-state index contributed by atoms with van der Waals surface area (Å²) in [5.41, 5.74) is 0.831. The number of anilines is 1. The SMILES string of the molecule is CNC(C)c1csc(NS(=O)(=O)CCCOC)n1. The molecule has 1 rings (SSSR count). The van der Waals surface area contributed by atoms with Crippen molar-refractivity contribution >= 4 is 26.5 Å². The van der Waals surface area contributed by atoms with Gasteiger partial charge in [-0.1, -0.05) is 0 Å². The predicted octanol–water partition coefficient (Wildman–Crippen LogP) is 1.20. The second-order valence-electron chi connectivity index (χ2n) is 3.86. The molecule has 0 radical (unpaired) electrons. The zero-order valence-electron chi connectivity index (χ0n) is 10.8. The molecule has 0 fully saturated rings. The molecule has 1 unspecified atom stereocenters. The zero-order chi connectivity index (χ0) is 13.6. The van der Waals surface area contributed by atoms with Crippen molar-refractivity contribution in [2.75, 3.05) is 31.2 Å². The molecule has 0 aliphatic heterocycles. The van der Waals surface area contributed by atoms with Crippen LogP contribution in [-0.2, 0) is 14.8 Å². The number of hydrogen-bond acceptors (Lipinski definition) is 6. The molecule has 6 nitrogen and oxygen atoms in total. The monoisotopic (exact) mass is 293 g/mol. The van der Waals surface area contributed by atoms with Crippen molar-refractivity contribution in [3.05, 3.63) is 11.1 Å². The van der Waals surface area contributed by atoms with Crippen LogP contribution in [0.4, 0.5) is 5.13 Å². The molecule has 18 heavy (non-hydrogen) atoms. The van der Waals surface area contributed by atoms with E-state index < -0.39 is 10.0 Å². The van der Waals surface area contributed by atoms with E-state index in [1.165, 1.54) is 11.3 Å². The fraction of sp³-hybridized carbons (Fsp3) is 0.700. The molecule has 1 heterocycles. The Hall–Kier alpha value is -0.700. The molecule has 104 valence electrons. The molecule has 1 atom stereocenters. The van der Waals surface area contributed by atoms with Gasteiger partial charge in [0.2, 0.25) is 10.0 Å². The maximum absolute atomic E-state index is 11.7. The Bertz CT molecular complexity index is 459. The van der Waals surface area contributed by atoms with Crippen molar-refractivity contribution in [2.45, 2.75) is 19.4 Å². The van der Waals surface area contributed by atoms with Gasteiger partial charge in [0.15, 0.2) is 5.13 Å². The molecule has 0 bridgehead atoms. The van der Waals surface area contributed by atoms with Crippen LogP contribution in [0.5, 0.6) is 0 Å². The molecule has 0 aliphatic carbocycles. The molecule has 2 N–H and O–H groups in total. The van der Waals surface area contributed by atoms with E-state index in [1.807, 2.05) is 19.4 Å². The number of aromatic nitrogens is 1. The van der Waals surface area contributed by atoms with E-state index >= 15 is 0 Å². The van der Waals surface area contributed by atoms with Gasteiger partial charge in [0.1, 0.15) is 0 Å². The molecule has 0 saturated carbocycles. The lowest BCUT2D eigenvalue weighted by molar-refractivity contribution is 0.199. The maximum atomic E-state index is 11.7. The summed E-state index contributed by atoms with van der Waals surface area (Å²) in [4.78, 5) is 4.23. The third kappa shape index (κ3) is 4.89. The number of rotatable bonds is 8. The van der Waals surface area contributed by atoms with E-state index in [0.717, 1.165) is 5.69 Å². The summed E-state index contributed by atoms with van der Waals surface area (Å²) in [5, 5.41) is 5.30. The second kappa shape index (κ2) is 7.03. The first-order chi connectivity index (χ1) is 8.48. The highest BCUT2D eigenvalue weighted by Crippen LogP contribution is 2.21. The largest absolute Gasteiger partial charge is 0.385 e. The van der Waals surface area contributed by atoms with E-state index in [2.05, 4.69) is 15.0 Å². The van der Waals surface area contributed by atoms with Crippen molar-refractivity contribution in [1.29, 1.82) is 0 Å². The first-order valence-corrected chi connectivity index (χ1v) is 8.14. The first kappa shape index (κ1) is 15.4. The fourth-order valence-electron chi connectivity index (χ4n) is 1.26. The van der Waals surface area contributed by atoms with Gasteiger partial charge in [-0.15, -0.1) is 11.3 Å². The number of nitrogens with zero attached hydrogens (tertiary/aromatic N) is 1. The van der Waals surface area contributed by atoms with Crippen LogP contribution >= 0.6 is 11.3 Å². The molecule has 0 spiro atoms. The summed E-state index contributed by atoms with van der Waals surface area (Å²) in [6, 6.07) is 0.105. The van der Waals surface area contributed by atoms with Gasteiger partial charge >= 0.3 is 0 Å². The molecule has 0 saturated heterocycles. The van der Waals surface area contributed by atoms with Crippen molar-refractivity contribution < 1.29 is 13.2 Å². The number of sulfonamides is 1. The Morgan fingerprint density at radius 1 is 1.56 bits per heavy atom. The van der Waals surface area contributed by atoms with Crippen LogP contribution in [-0.4, -0.2) is 39.9 Å². The van der Waals surface area contributed by atoms with E-state index in [1.54, 1.807) is 7.11 Å². The normalized spacial score (nSPS) is 13.5. The van der Waals surface area contributed by atoms with Crippen LogP contribution in [0.25, 0.3) is 0 Å². The van der Waals surface area contributed by atoms with E-state index in [4.69, 9.17) is 4.74 Å². The highest BCUT2D eigenvalue weighted by Gasteiger charge is 2.14. The average molecular weight is 293 g/mol. The second-order valence-corrected chi connectivity index (χ2v) is 6.56. The Labute approximate surface area is 112 Å². The Morgan fingerprint density at radius 2 is 2.28 bits per heavy atom. The van der Waals surface area contributed by atoms with Crippen molar-refractivity contribution in [3.8, 4) is 0 Å². The van der Waals surface area contributed by atoms with E-state index in [0.29, 0.717) is 18.2 Å². The average Bonchev–Trinajstić information content (AvgIpc) is 2.75. The van der Waals surface area contributed by atoms with Crippen LogP contribution in [0.1, 0.15) is 25.1 Å². The van der Waals surface area contributed by atoms with Gasteiger partial charge in [-0.2, -0.15) is 0 Å². The summed E-state index contributed by atoms with van der Waals surface area (Å²) in [6.07, 6.45) is 0.469. The minimum Gasteiger partial charge on any atom is -0.385 e. The zero-order valence-corrected chi connectivity index (χ0v) is 12.4. The molecule has 1 aromatic heterocycles. The lowest BCUT2D eigenvalue weighted by Gasteiger charge is -2.06. The van der Waals surface area contributed by atoms with Crippen LogP contribution in [0.15, 0.2) is 5.38 Å². The third-order valence-corrected chi connectivity index (χ3v) is 4.64. The molecule has 0 aromatic carbocycles. The summed E-state index contributed by atoms with van der Waals surface area (Å²) < 4.78 is 30.7. The topological polar surface area (TPSA) is 80.3 Å². The minimum absolute atomic E-state index is 0.0390. The standard InChI is InChI=1S/C10H19N3O3S2/c1-8(11-2)9-7-17-10(12-9)13-18(14,15)6-4-5-16-3/h7-8,11H,4-6H2,1-3H3,(H,12,13). The number of ether oxygens (including phenoxy) is 1. The first-order valence-electron chi connectivity index (χ1n) is 5.60. The van der Waals surface area contributed by atoms with Gasteiger partial charge < -0.3 is 10.1 Å². The van der Waals surface area contributed by atoms with Crippen molar-refractivity contribution in [3.63, 3.8) is 0 Å². The smallest absolute Gasteiger partial charge is 0.234 e. The Kier molecular flexibility index (Phi) is 6.00. The third-order valence-electron chi connectivity index (χ3n) is 2.40. The summed E-state index contributed by atoms with van der Waals surface area (Å²) in [6.45, 7) is 2.40. The molecule has 0 aliphatic rings. The van der Waals surface area contributed by atoms with E-state index in [-0.39, 0.29) is 11.8 Å². The molecule has 8 heteroatoms. The Balaban J connectivity index is 2.58. The van der Waals surface area contributed by atoms with Gasteiger partial charge in [0.05, 0.1) is 11.4 Å². The summed E-state index contributed by atoms with van der Waals surface area (Å²) in [5.74, 6) is 0.0390. The van der Waals surface area contributed by atoms with Gasteiger partial charge in [0.25, 0.3) is 0 Å². The number of methoxy groups -OCH3 is 1. The Morgan fingerprint density at radius 3 is 2.89 bits per heavy atom. The number of thiazole rings is 1.